The Labute approximate surface area is 240 Å². The fraction of sp³-hybridized carbons (Fsp3) is 0.290. The van der Waals surface area contributed by atoms with Crippen LogP contribution in [-0.4, -0.2) is 23.4 Å². The van der Waals surface area contributed by atoms with Crippen LogP contribution in [0.5, 0.6) is 5.75 Å². The largest absolute Gasteiger partial charge is 0.496 e. The quantitative estimate of drug-likeness (QED) is 0.179. The van der Waals surface area contributed by atoms with E-state index in [0.717, 1.165) is 27.3 Å². The number of para-hydroxylation sites is 1. The number of halogens is 4. The molecule has 0 aliphatic rings. The molecule has 0 saturated carbocycles. The monoisotopic (exact) mass is 587 g/mol. The van der Waals surface area contributed by atoms with Gasteiger partial charge >= 0.3 is 11.9 Å². The van der Waals surface area contributed by atoms with Gasteiger partial charge in [-0.3, -0.25) is 13.9 Å². The van der Waals surface area contributed by atoms with E-state index in [0.29, 0.717) is 16.9 Å². The van der Waals surface area contributed by atoms with Crippen LogP contribution >= 0.6 is 0 Å². The zero-order valence-corrected chi connectivity index (χ0v) is 22.7. The standard InChI is InChI=1S/C30H29F4N3O4.CH4/c1-19-27(20-10-5-4-6-11-20)28(38)36(17-16-25(35-41-3)21-12-7-8-15-26(21)40-2)29(39)37(19)18-22-23(30(32,33)34)13-9-14-24(22)31;/h4-15,25,35H,16-18H2,1-3H3;1H4. The van der Waals surface area contributed by atoms with E-state index in [4.69, 9.17) is 9.57 Å². The Hall–Kier alpha value is -4.22. The van der Waals surface area contributed by atoms with Crippen molar-refractivity contribution >= 4 is 0 Å². The van der Waals surface area contributed by atoms with E-state index in [2.05, 4.69) is 5.48 Å². The summed E-state index contributed by atoms with van der Waals surface area (Å²) < 4.78 is 63.6. The molecule has 42 heavy (non-hydrogen) atoms. The molecule has 0 amide bonds. The molecule has 4 rings (SSSR count). The molecule has 0 fully saturated rings. The van der Waals surface area contributed by atoms with E-state index in [9.17, 15) is 27.2 Å². The first kappa shape index (κ1) is 32.3. The number of nitrogens with one attached hydrogen (secondary N) is 1. The second kappa shape index (κ2) is 13.6. The second-order valence-electron chi connectivity index (χ2n) is 9.32. The summed E-state index contributed by atoms with van der Waals surface area (Å²) in [5.74, 6) is -0.550. The van der Waals surface area contributed by atoms with Crippen LogP contribution in [0.1, 0.15) is 42.3 Å². The number of ether oxygens (including phenoxy) is 1. The zero-order chi connectivity index (χ0) is 29.7. The highest BCUT2D eigenvalue weighted by Gasteiger charge is 2.35. The molecule has 1 N–H and O–H groups in total. The Morgan fingerprint density at radius 2 is 1.57 bits per heavy atom. The maximum atomic E-state index is 14.8. The summed E-state index contributed by atoms with van der Waals surface area (Å²) >= 11 is 0. The Bertz CT molecular complexity index is 1630. The van der Waals surface area contributed by atoms with Gasteiger partial charge in [-0.15, -0.1) is 0 Å². The van der Waals surface area contributed by atoms with Gasteiger partial charge in [-0.2, -0.15) is 18.7 Å². The number of hydrogen-bond acceptors (Lipinski definition) is 5. The maximum absolute atomic E-state index is 14.8. The van der Waals surface area contributed by atoms with Crippen molar-refractivity contribution in [2.24, 2.45) is 0 Å². The smallest absolute Gasteiger partial charge is 0.416 e. The van der Waals surface area contributed by atoms with Crippen molar-refractivity contribution in [2.75, 3.05) is 14.2 Å². The van der Waals surface area contributed by atoms with Crippen molar-refractivity contribution < 1.29 is 27.1 Å². The summed E-state index contributed by atoms with van der Waals surface area (Å²) in [6.07, 6.45) is -4.67. The third-order valence-corrected chi connectivity index (χ3v) is 6.91. The van der Waals surface area contributed by atoms with Crippen LogP contribution in [0.2, 0.25) is 0 Å². The molecule has 0 aliphatic carbocycles. The summed E-state index contributed by atoms with van der Waals surface area (Å²) in [7, 11) is 2.93. The van der Waals surface area contributed by atoms with Crippen molar-refractivity contribution in [2.45, 2.75) is 46.1 Å². The average Bonchev–Trinajstić information content (AvgIpc) is 2.95. The number of hydrogen-bond donors (Lipinski definition) is 1. The fourth-order valence-electron chi connectivity index (χ4n) is 4.90. The molecule has 7 nitrogen and oxygen atoms in total. The van der Waals surface area contributed by atoms with Crippen molar-refractivity contribution in [1.82, 2.24) is 14.6 Å². The van der Waals surface area contributed by atoms with Gasteiger partial charge < -0.3 is 9.57 Å². The summed E-state index contributed by atoms with van der Waals surface area (Å²) in [5, 5.41) is 0. The van der Waals surface area contributed by atoms with Crippen molar-refractivity contribution in [3.63, 3.8) is 0 Å². The lowest BCUT2D eigenvalue weighted by Crippen LogP contribution is -2.43. The molecule has 1 heterocycles. The maximum Gasteiger partial charge on any atom is 0.416 e. The third kappa shape index (κ3) is 6.63. The highest BCUT2D eigenvalue weighted by molar-refractivity contribution is 5.64. The first-order chi connectivity index (χ1) is 19.6. The molecule has 0 spiro atoms. The van der Waals surface area contributed by atoms with Crippen LogP contribution in [0.3, 0.4) is 0 Å². The predicted octanol–water partition coefficient (Wildman–Crippen LogP) is 6.12. The predicted molar refractivity (Wildman–Crippen MR) is 153 cm³/mol. The molecule has 0 radical (unpaired) electrons. The fourth-order valence-corrected chi connectivity index (χ4v) is 4.90. The molecular weight excluding hydrogens is 554 g/mol. The van der Waals surface area contributed by atoms with Crippen molar-refractivity contribution in [3.05, 3.63) is 122 Å². The van der Waals surface area contributed by atoms with E-state index in [-0.39, 0.29) is 31.6 Å². The van der Waals surface area contributed by atoms with Gasteiger partial charge in [0, 0.05) is 23.4 Å². The normalized spacial score (nSPS) is 12.1. The molecule has 3 aromatic carbocycles. The van der Waals surface area contributed by atoms with E-state index in [1.54, 1.807) is 54.6 Å². The molecule has 4 aromatic rings. The minimum absolute atomic E-state index is 0. The number of nitrogens with zero attached hydrogens (tertiary/aromatic N) is 2. The van der Waals surface area contributed by atoms with Gasteiger partial charge in [-0.1, -0.05) is 62.0 Å². The van der Waals surface area contributed by atoms with Crippen molar-refractivity contribution in [1.29, 1.82) is 0 Å². The van der Waals surface area contributed by atoms with Gasteiger partial charge in [0.05, 0.1) is 37.9 Å². The van der Waals surface area contributed by atoms with Gasteiger partial charge in [0.2, 0.25) is 0 Å². The van der Waals surface area contributed by atoms with Gasteiger partial charge in [0.25, 0.3) is 5.56 Å². The molecule has 1 aromatic heterocycles. The second-order valence-corrected chi connectivity index (χ2v) is 9.32. The molecular formula is C31H33F4N3O4. The van der Waals surface area contributed by atoms with Gasteiger partial charge in [-0.25, -0.2) is 9.18 Å². The first-order valence-electron chi connectivity index (χ1n) is 12.7. The summed E-state index contributed by atoms with van der Waals surface area (Å²) in [5.41, 5.74) is 0.917. The minimum Gasteiger partial charge on any atom is -0.496 e. The van der Waals surface area contributed by atoms with Crippen molar-refractivity contribution in [3.8, 4) is 16.9 Å². The molecule has 0 saturated heterocycles. The minimum atomic E-state index is -4.85. The number of benzene rings is 3. The van der Waals surface area contributed by atoms with E-state index in [1.807, 2.05) is 0 Å². The Morgan fingerprint density at radius 3 is 2.21 bits per heavy atom. The van der Waals surface area contributed by atoms with Gasteiger partial charge in [0.15, 0.2) is 0 Å². The summed E-state index contributed by atoms with van der Waals surface area (Å²) in [6, 6.07) is 17.8. The molecule has 0 bridgehead atoms. The Balaban J connectivity index is 0.00000484. The molecule has 0 aliphatic heterocycles. The first-order valence-corrected chi connectivity index (χ1v) is 12.7. The van der Waals surface area contributed by atoms with Crippen LogP contribution < -0.4 is 21.5 Å². The number of aromatic nitrogens is 2. The van der Waals surface area contributed by atoms with Crippen LogP contribution in [0.4, 0.5) is 17.6 Å². The number of alkyl halides is 3. The van der Waals surface area contributed by atoms with E-state index < -0.39 is 47.0 Å². The van der Waals surface area contributed by atoms with Crippen LogP contribution in [0.15, 0.2) is 82.4 Å². The average molecular weight is 588 g/mol. The topological polar surface area (TPSA) is 74.5 Å². The SMILES string of the molecule is C.CONC(CCn1c(=O)c(-c2ccccc2)c(C)n(Cc2c(F)cccc2C(F)(F)F)c1=O)c1ccccc1OC. The number of rotatable bonds is 10. The lowest BCUT2D eigenvalue weighted by atomic mass is 10.0. The van der Waals surface area contributed by atoms with Crippen LogP contribution in [-0.2, 0) is 24.1 Å². The Kier molecular flexibility index (Phi) is 10.5. The van der Waals surface area contributed by atoms with Crippen LogP contribution in [0.25, 0.3) is 11.1 Å². The third-order valence-electron chi connectivity index (χ3n) is 6.91. The van der Waals surface area contributed by atoms with Crippen LogP contribution in [0, 0.1) is 12.7 Å². The molecule has 224 valence electrons. The number of methoxy groups -OCH3 is 1. The highest BCUT2D eigenvalue weighted by Crippen LogP contribution is 2.34. The number of hydroxylamine groups is 1. The zero-order valence-electron chi connectivity index (χ0n) is 22.7. The summed E-state index contributed by atoms with van der Waals surface area (Å²) in [6.45, 7) is 0.618. The molecule has 1 unspecified atom stereocenters. The lowest BCUT2D eigenvalue weighted by Gasteiger charge is -2.22. The lowest BCUT2D eigenvalue weighted by molar-refractivity contribution is -0.138. The van der Waals surface area contributed by atoms with Gasteiger partial charge in [0.1, 0.15) is 11.6 Å². The Morgan fingerprint density at radius 1 is 0.905 bits per heavy atom. The van der Waals surface area contributed by atoms with Gasteiger partial charge in [-0.05, 0) is 37.1 Å². The molecule has 11 heteroatoms. The van der Waals surface area contributed by atoms with E-state index >= 15 is 0 Å². The summed E-state index contributed by atoms with van der Waals surface area (Å²) in [4.78, 5) is 32.7. The highest BCUT2D eigenvalue weighted by atomic mass is 19.4. The molecule has 1 atom stereocenters. The van der Waals surface area contributed by atoms with E-state index in [1.165, 1.54) is 21.1 Å².